The molecule has 1 saturated heterocycles. The Bertz CT molecular complexity index is 276. The van der Waals surface area contributed by atoms with Crippen molar-refractivity contribution in [2.24, 2.45) is 0 Å². The zero-order valence-electron chi connectivity index (χ0n) is 7.03. The molecular weight excluding hydrogens is 195 g/mol. The van der Waals surface area contributed by atoms with E-state index in [-0.39, 0.29) is 13.2 Å². The van der Waals surface area contributed by atoms with E-state index >= 15 is 0 Å². The Kier molecular flexibility index (Phi) is 3.81. The van der Waals surface area contributed by atoms with Crippen molar-refractivity contribution in [2.45, 2.75) is 12.8 Å². The smallest absolute Gasteiger partial charge is 0.430 e. The molecule has 0 spiro atoms. The topological polar surface area (TPSA) is 61.8 Å². The lowest BCUT2D eigenvalue weighted by atomic mass is 10.6. The van der Waals surface area contributed by atoms with Crippen molar-refractivity contribution in [1.29, 1.82) is 0 Å². The monoisotopic (exact) mass is 204 g/mol. The van der Waals surface area contributed by atoms with Crippen molar-refractivity contribution < 1.29 is 23.4 Å². The Morgan fingerprint density at radius 3 is 3.08 bits per heavy atom. The first kappa shape index (κ1) is 10.1. The third-order valence-electron chi connectivity index (χ3n) is 1.32. The maximum Gasteiger partial charge on any atom is 0.509 e. The number of hydrogen-bond acceptors (Lipinski definition) is 5. The van der Waals surface area contributed by atoms with Gasteiger partial charge in [-0.1, -0.05) is 5.92 Å². The normalized spacial score (nSPS) is 22.5. The van der Waals surface area contributed by atoms with Crippen LogP contribution in [-0.4, -0.2) is 25.2 Å². The maximum absolute atomic E-state index is 11.2. The highest BCUT2D eigenvalue weighted by Crippen LogP contribution is 2.33. The van der Waals surface area contributed by atoms with E-state index in [1.807, 2.05) is 0 Å². The second kappa shape index (κ2) is 4.90. The van der Waals surface area contributed by atoms with Crippen LogP contribution in [0.1, 0.15) is 6.92 Å². The second-order valence-corrected chi connectivity index (χ2v) is 3.77. The predicted molar refractivity (Wildman–Crippen MR) is 44.6 cm³/mol. The van der Waals surface area contributed by atoms with E-state index in [1.165, 1.54) is 0 Å². The SMILES string of the molecule is CC#CCO[PH](=O)C1COC(=O)O1. The number of carbonyl (C=O) groups is 1. The molecule has 2 atom stereocenters. The quantitative estimate of drug-likeness (QED) is 0.389. The van der Waals surface area contributed by atoms with Crippen molar-refractivity contribution in [3.05, 3.63) is 0 Å². The third kappa shape index (κ3) is 3.10. The molecule has 13 heavy (non-hydrogen) atoms. The fourth-order valence-electron chi connectivity index (χ4n) is 0.716. The minimum absolute atomic E-state index is 0.00379. The van der Waals surface area contributed by atoms with Crippen LogP contribution in [-0.2, 0) is 18.6 Å². The molecule has 0 aromatic carbocycles. The zero-order chi connectivity index (χ0) is 9.68. The van der Waals surface area contributed by atoms with Gasteiger partial charge in [-0.3, -0.25) is 4.57 Å². The second-order valence-electron chi connectivity index (χ2n) is 2.20. The summed E-state index contributed by atoms with van der Waals surface area (Å²) in [7, 11) is -2.39. The molecule has 2 unspecified atom stereocenters. The van der Waals surface area contributed by atoms with Gasteiger partial charge in [-0.2, -0.15) is 0 Å². The average molecular weight is 204 g/mol. The molecule has 0 radical (unpaired) electrons. The van der Waals surface area contributed by atoms with Crippen molar-refractivity contribution >= 4 is 14.2 Å². The number of cyclic esters (lactones) is 2. The summed E-state index contributed by atoms with van der Waals surface area (Å²) in [5.41, 5.74) is 0. The first-order chi connectivity index (χ1) is 6.24. The summed E-state index contributed by atoms with van der Waals surface area (Å²) in [5, 5.41) is 0. The molecule has 0 aliphatic carbocycles. The summed E-state index contributed by atoms with van der Waals surface area (Å²) in [6.45, 7) is 1.73. The molecule has 0 bridgehead atoms. The molecule has 0 aromatic rings. The lowest BCUT2D eigenvalue weighted by Crippen LogP contribution is -2.05. The molecule has 0 N–H and O–H groups in total. The minimum atomic E-state index is -2.39. The van der Waals surface area contributed by atoms with Gasteiger partial charge in [0.15, 0.2) is 0 Å². The third-order valence-corrected chi connectivity index (χ3v) is 2.56. The van der Waals surface area contributed by atoms with Gasteiger partial charge in [0, 0.05) is 0 Å². The summed E-state index contributed by atoms with van der Waals surface area (Å²) in [5.74, 6) is 4.42. The first-order valence-corrected chi connectivity index (χ1v) is 5.03. The van der Waals surface area contributed by atoms with E-state index in [0.29, 0.717) is 0 Å². The number of rotatable bonds is 3. The highest BCUT2D eigenvalue weighted by atomic mass is 31.1. The minimum Gasteiger partial charge on any atom is -0.430 e. The number of hydrogen-bond donors (Lipinski definition) is 0. The van der Waals surface area contributed by atoms with E-state index in [2.05, 4.69) is 21.3 Å². The van der Waals surface area contributed by atoms with Crippen LogP contribution in [0.5, 0.6) is 0 Å². The summed E-state index contributed by atoms with van der Waals surface area (Å²) in [6, 6.07) is 0. The lowest BCUT2D eigenvalue weighted by Gasteiger charge is -2.04. The van der Waals surface area contributed by atoms with Crippen molar-refractivity contribution in [3.63, 3.8) is 0 Å². The van der Waals surface area contributed by atoms with Crippen LogP contribution >= 0.6 is 8.03 Å². The van der Waals surface area contributed by atoms with E-state index in [4.69, 9.17) is 4.52 Å². The molecule has 5 nitrogen and oxygen atoms in total. The molecule has 6 heteroatoms. The largest absolute Gasteiger partial charge is 0.509 e. The zero-order valence-corrected chi connectivity index (χ0v) is 8.03. The molecule has 1 fully saturated rings. The molecule has 1 aliphatic rings. The van der Waals surface area contributed by atoms with E-state index < -0.39 is 20.0 Å². The summed E-state index contributed by atoms with van der Waals surface area (Å²) >= 11 is 0. The fourth-order valence-corrected chi connectivity index (χ4v) is 1.53. The Labute approximate surface area is 76.2 Å². The number of carbonyl (C=O) groups excluding carboxylic acids is 1. The Hall–Kier alpha value is -0.980. The van der Waals surface area contributed by atoms with Crippen LogP contribution in [0.25, 0.3) is 0 Å². The first-order valence-electron chi connectivity index (χ1n) is 3.63. The van der Waals surface area contributed by atoms with Gasteiger partial charge in [-0.05, 0) is 6.92 Å². The van der Waals surface area contributed by atoms with Crippen molar-refractivity contribution in [1.82, 2.24) is 0 Å². The molecule has 72 valence electrons. The van der Waals surface area contributed by atoms with Crippen LogP contribution in [0.15, 0.2) is 0 Å². The predicted octanol–water partition coefficient (Wildman–Crippen LogP) is 0.994. The van der Waals surface area contributed by atoms with E-state index in [9.17, 15) is 9.36 Å². The van der Waals surface area contributed by atoms with Gasteiger partial charge < -0.3 is 14.0 Å². The van der Waals surface area contributed by atoms with Crippen LogP contribution < -0.4 is 0 Å². The molecule has 1 rings (SSSR count). The molecule has 1 aliphatic heterocycles. The lowest BCUT2D eigenvalue weighted by molar-refractivity contribution is 0.126. The van der Waals surface area contributed by atoms with Gasteiger partial charge in [0.1, 0.15) is 13.2 Å². The van der Waals surface area contributed by atoms with Gasteiger partial charge in [0.25, 0.3) is 0 Å². The molecule has 0 aromatic heterocycles. The van der Waals surface area contributed by atoms with Crippen LogP contribution in [0.4, 0.5) is 4.79 Å². The number of ether oxygens (including phenoxy) is 2. The standard InChI is InChI=1S/C7H9O5P/c1-2-3-4-11-13(9)6-5-10-7(8)12-6/h6,13H,4-5H2,1H3. The van der Waals surface area contributed by atoms with Gasteiger partial charge >= 0.3 is 6.16 Å². The van der Waals surface area contributed by atoms with Gasteiger partial charge in [0.05, 0.1) is 0 Å². The average Bonchev–Trinajstić information content (AvgIpc) is 2.52. The summed E-state index contributed by atoms with van der Waals surface area (Å²) in [4.78, 5) is 10.4. The highest BCUT2D eigenvalue weighted by Gasteiger charge is 2.30. The Morgan fingerprint density at radius 2 is 2.54 bits per heavy atom. The van der Waals surface area contributed by atoms with E-state index in [1.54, 1.807) is 6.92 Å². The summed E-state index contributed by atoms with van der Waals surface area (Å²) in [6.07, 6.45) is -0.798. The Morgan fingerprint density at radius 1 is 1.77 bits per heavy atom. The highest BCUT2D eigenvalue weighted by molar-refractivity contribution is 7.39. The van der Waals surface area contributed by atoms with Crippen LogP contribution in [0.2, 0.25) is 0 Å². The molecule has 1 heterocycles. The van der Waals surface area contributed by atoms with E-state index in [0.717, 1.165) is 0 Å². The van der Waals surface area contributed by atoms with Crippen molar-refractivity contribution in [3.8, 4) is 11.8 Å². The van der Waals surface area contributed by atoms with Gasteiger partial charge in [-0.15, -0.1) is 5.92 Å². The van der Waals surface area contributed by atoms with Crippen LogP contribution in [0, 0.1) is 11.8 Å². The Balaban J connectivity index is 2.30. The van der Waals surface area contributed by atoms with Gasteiger partial charge in [-0.25, -0.2) is 4.79 Å². The molecule has 0 saturated carbocycles. The summed E-state index contributed by atoms with van der Waals surface area (Å²) < 4.78 is 25.0. The van der Waals surface area contributed by atoms with Crippen molar-refractivity contribution in [2.75, 3.05) is 13.2 Å². The van der Waals surface area contributed by atoms with Crippen LogP contribution in [0.3, 0.4) is 0 Å². The molecular formula is C7H9O5P. The maximum atomic E-state index is 11.2. The van der Waals surface area contributed by atoms with Gasteiger partial charge in [0.2, 0.25) is 13.9 Å². The molecule has 0 amide bonds. The fraction of sp³-hybridized carbons (Fsp3) is 0.571.